The molecule has 200 valence electrons. The van der Waals surface area contributed by atoms with E-state index in [1.165, 1.54) is 0 Å². The van der Waals surface area contributed by atoms with Crippen molar-refractivity contribution < 1.29 is 34.4 Å². The van der Waals surface area contributed by atoms with Crippen LogP contribution in [-0.4, -0.2) is 49.4 Å². The summed E-state index contributed by atoms with van der Waals surface area (Å²) in [4.78, 5) is 39.2. The molecule has 5 aliphatic rings. The number of hydrogen-bond donors (Lipinski definition) is 4. The van der Waals surface area contributed by atoms with Gasteiger partial charge < -0.3 is 25.4 Å². The summed E-state index contributed by atoms with van der Waals surface area (Å²) in [7, 11) is 0. The minimum atomic E-state index is -1.38. The van der Waals surface area contributed by atoms with Gasteiger partial charge in [0, 0.05) is 27.4 Å². The Morgan fingerprint density at radius 3 is 2.54 bits per heavy atom. The first-order valence-corrected chi connectivity index (χ1v) is 13.6. The number of phenolic OH excluding ortho intramolecular Hbond substituents is 1. The number of phenols is 2. The summed E-state index contributed by atoms with van der Waals surface area (Å²) in [6.07, 6.45) is 5.22. The summed E-state index contributed by atoms with van der Waals surface area (Å²) in [5.41, 5.74) is -1.91. The molecule has 0 aromatic heterocycles. The molecule has 1 spiro atoms. The molecule has 8 nitrogen and oxygen atoms in total. The number of rotatable bonds is 6. The van der Waals surface area contributed by atoms with Crippen LogP contribution in [0.15, 0.2) is 23.1 Å². The number of hydrogen-bond acceptors (Lipinski definition) is 7. The first-order valence-electron chi connectivity index (χ1n) is 12.8. The standard InChI is InChI=1S/C28H35NO7S/c1-25(2,3)37-18-12-28-11-14-10-17(36-27(14,5)13-28)22(28)26(4,23(18)33)9-8-19(31)29-20-16(30)7-6-15(21(20)32)24(34)35/h6-7,12,14,17,22,30,32H,8-11,13H2,1-5H3,(H,29,31)(H,34,35)/t14-,17+,22+,26+,27+,28-/m1/s1. The van der Waals surface area contributed by atoms with Gasteiger partial charge in [-0.25, -0.2) is 4.79 Å². The highest BCUT2D eigenvalue weighted by Crippen LogP contribution is 2.72. The van der Waals surface area contributed by atoms with Crippen molar-refractivity contribution >= 4 is 35.1 Å². The van der Waals surface area contributed by atoms with Crippen LogP contribution in [0.3, 0.4) is 0 Å². The molecule has 0 radical (unpaired) electrons. The van der Waals surface area contributed by atoms with Crippen LogP contribution in [0.5, 0.6) is 11.5 Å². The summed E-state index contributed by atoms with van der Waals surface area (Å²) in [6.45, 7) is 10.4. The van der Waals surface area contributed by atoms with Gasteiger partial charge in [-0.15, -0.1) is 11.8 Å². The number of thioether (sulfide) groups is 1. The van der Waals surface area contributed by atoms with Gasteiger partial charge in [-0.05, 0) is 56.1 Å². The lowest BCUT2D eigenvalue weighted by atomic mass is 9.51. The number of carbonyl (C=O) groups is 3. The Bertz CT molecular complexity index is 1240. The number of nitrogens with one attached hydrogen (secondary N) is 1. The van der Waals surface area contributed by atoms with Crippen molar-refractivity contribution in [3.05, 3.63) is 28.7 Å². The molecule has 0 unspecified atom stereocenters. The van der Waals surface area contributed by atoms with Crippen molar-refractivity contribution in [3.8, 4) is 11.5 Å². The molecule has 2 aliphatic heterocycles. The molecular weight excluding hydrogens is 494 g/mol. The number of aromatic hydroxyl groups is 2. The zero-order valence-electron chi connectivity index (χ0n) is 21.9. The molecule has 6 atom stereocenters. The molecule has 6 rings (SSSR count). The van der Waals surface area contributed by atoms with E-state index in [4.69, 9.17) is 4.74 Å². The summed E-state index contributed by atoms with van der Waals surface area (Å²) in [5.74, 6) is -2.57. The molecular formula is C28H35NO7S. The first kappa shape index (κ1) is 26.1. The van der Waals surface area contributed by atoms with Gasteiger partial charge in [0.2, 0.25) is 5.91 Å². The van der Waals surface area contributed by atoms with Crippen LogP contribution in [0.25, 0.3) is 0 Å². The van der Waals surface area contributed by atoms with Crippen LogP contribution in [0, 0.1) is 22.7 Å². The fourth-order valence-electron chi connectivity index (χ4n) is 7.62. The van der Waals surface area contributed by atoms with Gasteiger partial charge in [-0.3, -0.25) is 9.59 Å². The lowest BCUT2D eigenvalue weighted by molar-refractivity contribution is -0.169. The maximum Gasteiger partial charge on any atom is 0.339 e. The molecule has 4 N–H and O–H groups in total. The van der Waals surface area contributed by atoms with E-state index in [-0.39, 0.29) is 52.1 Å². The Morgan fingerprint density at radius 1 is 1.22 bits per heavy atom. The number of anilines is 1. The first-order chi connectivity index (χ1) is 17.1. The van der Waals surface area contributed by atoms with Gasteiger partial charge >= 0.3 is 5.97 Å². The zero-order valence-corrected chi connectivity index (χ0v) is 22.7. The molecule has 3 aliphatic carbocycles. The fourth-order valence-corrected chi connectivity index (χ4v) is 8.90. The van der Waals surface area contributed by atoms with Crippen LogP contribution in [0.4, 0.5) is 5.69 Å². The van der Waals surface area contributed by atoms with Crippen LogP contribution in [0.1, 0.15) is 77.1 Å². The van der Waals surface area contributed by atoms with Crippen LogP contribution < -0.4 is 5.32 Å². The number of ether oxygens (including phenoxy) is 1. The molecule has 9 heteroatoms. The molecule has 2 saturated heterocycles. The molecule has 4 bridgehead atoms. The Balaban J connectivity index is 1.43. The van der Waals surface area contributed by atoms with E-state index in [1.54, 1.807) is 11.8 Å². The number of benzene rings is 1. The Morgan fingerprint density at radius 2 is 1.92 bits per heavy atom. The van der Waals surface area contributed by atoms with E-state index >= 15 is 0 Å². The largest absolute Gasteiger partial charge is 0.506 e. The minimum absolute atomic E-state index is 0.0337. The number of Topliss-reactive ketones (excluding diaryl/α,β-unsaturated/α-hetero) is 1. The van der Waals surface area contributed by atoms with E-state index in [0.717, 1.165) is 36.3 Å². The summed E-state index contributed by atoms with van der Waals surface area (Å²) >= 11 is 1.58. The van der Waals surface area contributed by atoms with Gasteiger partial charge in [0.1, 0.15) is 17.0 Å². The number of allylic oxidation sites excluding steroid dienone is 2. The average molecular weight is 530 g/mol. The van der Waals surface area contributed by atoms with Gasteiger partial charge in [0.15, 0.2) is 11.5 Å². The van der Waals surface area contributed by atoms with Crippen molar-refractivity contribution in [3.63, 3.8) is 0 Å². The van der Waals surface area contributed by atoms with Gasteiger partial charge in [0.25, 0.3) is 0 Å². The Labute approximate surface area is 220 Å². The highest BCUT2D eigenvalue weighted by atomic mass is 32.2. The van der Waals surface area contributed by atoms with Crippen LogP contribution in [-0.2, 0) is 14.3 Å². The van der Waals surface area contributed by atoms with E-state index in [9.17, 15) is 29.7 Å². The fraction of sp³-hybridized carbons (Fsp3) is 0.607. The smallest absolute Gasteiger partial charge is 0.339 e. The van der Waals surface area contributed by atoms with Crippen LogP contribution >= 0.6 is 11.8 Å². The number of carbonyl (C=O) groups excluding carboxylic acids is 2. The second kappa shape index (κ2) is 8.24. The van der Waals surface area contributed by atoms with Gasteiger partial charge in [-0.2, -0.15) is 0 Å². The maximum atomic E-state index is 14.1. The minimum Gasteiger partial charge on any atom is -0.506 e. The maximum absolute atomic E-state index is 14.1. The van der Waals surface area contributed by atoms with E-state index in [1.807, 2.05) is 6.92 Å². The van der Waals surface area contributed by atoms with Crippen molar-refractivity contribution in [1.29, 1.82) is 0 Å². The highest BCUT2D eigenvalue weighted by molar-refractivity contribution is 8.05. The molecule has 4 fully saturated rings. The summed E-state index contributed by atoms with van der Waals surface area (Å²) in [6, 6.07) is 2.17. The predicted octanol–water partition coefficient (Wildman–Crippen LogP) is 5.09. The molecule has 2 heterocycles. The number of carboxylic acids is 1. The molecule has 37 heavy (non-hydrogen) atoms. The second-order valence-electron chi connectivity index (χ2n) is 12.7. The highest BCUT2D eigenvalue weighted by Gasteiger charge is 2.72. The second-order valence-corrected chi connectivity index (χ2v) is 14.5. The van der Waals surface area contributed by atoms with Gasteiger partial charge in [0.05, 0.1) is 11.7 Å². The van der Waals surface area contributed by atoms with Crippen molar-refractivity contribution in [2.24, 2.45) is 22.7 Å². The number of amides is 1. The number of aromatic carboxylic acids is 1. The zero-order chi connectivity index (χ0) is 27.1. The Hall–Kier alpha value is -2.52. The molecule has 1 aromatic carbocycles. The molecule has 1 aromatic rings. The van der Waals surface area contributed by atoms with E-state index in [2.05, 4.69) is 39.1 Å². The van der Waals surface area contributed by atoms with Crippen molar-refractivity contribution in [2.75, 3.05) is 5.32 Å². The third-order valence-electron chi connectivity index (χ3n) is 8.88. The quantitative estimate of drug-likeness (QED) is 0.375. The predicted molar refractivity (Wildman–Crippen MR) is 140 cm³/mol. The molecule has 2 saturated carbocycles. The lowest BCUT2D eigenvalue weighted by Gasteiger charge is -2.56. The normalized spacial score (nSPS) is 35.9. The summed E-state index contributed by atoms with van der Waals surface area (Å²) < 4.78 is 6.39. The topological polar surface area (TPSA) is 133 Å². The van der Waals surface area contributed by atoms with Crippen molar-refractivity contribution in [1.82, 2.24) is 0 Å². The number of ketones is 1. The van der Waals surface area contributed by atoms with E-state index < -0.39 is 34.4 Å². The lowest BCUT2D eigenvalue weighted by Crippen LogP contribution is -2.57. The molecule has 1 amide bonds. The van der Waals surface area contributed by atoms with Crippen molar-refractivity contribution in [2.45, 2.75) is 83.2 Å². The third kappa shape index (κ3) is 4.05. The average Bonchev–Trinajstić information content (AvgIpc) is 3.13. The Kier molecular flexibility index (Phi) is 5.81. The summed E-state index contributed by atoms with van der Waals surface area (Å²) in [5, 5.41) is 32.1. The third-order valence-corrected chi connectivity index (χ3v) is 10.0. The van der Waals surface area contributed by atoms with Gasteiger partial charge in [-0.1, -0.05) is 33.8 Å². The SMILES string of the molecule is CC(C)(C)SC1=C[C@]23C[C@H]4C[C@H](O[C@@]4(C)C2)[C@H]3[C@](C)(CCC(=O)Nc2c(O)ccc(C(=O)O)c2O)C1=O. The van der Waals surface area contributed by atoms with Crippen LogP contribution in [0.2, 0.25) is 0 Å². The monoisotopic (exact) mass is 529 g/mol. The van der Waals surface area contributed by atoms with E-state index in [0.29, 0.717) is 5.92 Å². The number of carboxylic acid groups (broad SMARTS) is 1.